The Morgan fingerprint density at radius 2 is 2.42 bits per heavy atom. The van der Waals surface area contributed by atoms with E-state index in [0.717, 1.165) is 43.6 Å². The Morgan fingerprint density at radius 1 is 1.58 bits per heavy atom. The Balaban J connectivity index is 1.72. The SMILES string of the molecule is O=C(NC1CCCc2c1cnn2CCO)C1CNC1. The van der Waals surface area contributed by atoms with Crippen LogP contribution in [0.25, 0.3) is 0 Å². The first-order valence-electron chi connectivity index (χ1n) is 6.96. The summed E-state index contributed by atoms with van der Waals surface area (Å²) >= 11 is 0. The third-order valence-corrected chi connectivity index (χ3v) is 4.04. The zero-order valence-electron chi connectivity index (χ0n) is 10.9. The average Bonchev–Trinajstić information content (AvgIpc) is 2.72. The number of hydrogen-bond acceptors (Lipinski definition) is 4. The topological polar surface area (TPSA) is 79.2 Å². The van der Waals surface area contributed by atoms with Crippen molar-refractivity contribution in [1.82, 2.24) is 20.4 Å². The second kappa shape index (κ2) is 5.30. The van der Waals surface area contributed by atoms with E-state index >= 15 is 0 Å². The van der Waals surface area contributed by atoms with Gasteiger partial charge in [0.2, 0.25) is 5.91 Å². The fourth-order valence-corrected chi connectivity index (χ4v) is 2.82. The number of aliphatic hydroxyl groups is 1. The van der Waals surface area contributed by atoms with Crippen LogP contribution in [-0.2, 0) is 17.8 Å². The van der Waals surface area contributed by atoms with Crippen LogP contribution in [0.4, 0.5) is 0 Å². The van der Waals surface area contributed by atoms with Gasteiger partial charge in [0.05, 0.1) is 31.3 Å². The fraction of sp³-hybridized carbons (Fsp3) is 0.692. The van der Waals surface area contributed by atoms with Gasteiger partial charge < -0.3 is 15.7 Å². The minimum absolute atomic E-state index is 0.0873. The van der Waals surface area contributed by atoms with Crippen LogP contribution < -0.4 is 10.6 Å². The quantitative estimate of drug-likeness (QED) is 0.690. The van der Waals surface area contributed by atoms with E-state index in [0.29, 0.717) is 6.54 Å². The number of carbonyl (C=O) groups excluding carboxylic acids is 1. The molecule has 0 radical (unpaired) electrons. The molecule has 3 N–H and O–H groups in total. The summed E-state index contributed by atoms with van der Waals surface area (Å²) in [6.45, 7) is 2.20. The lowest BCUT2D eigenvalue weighted by atomic mass is 9.92. The van der Waals surface area contributed by atoms with Crippen molar-refractivity contribution in [3.05, 3.63) is 17.5 Å². The highest BCUT2D eigenvalue weighted by atomic mass is 16.3. The van der Waals surface area contributed by atoms with Crippen molar-refractivity contribution in [2.45, 2.75) is 31.8 Å². The maximum absolute atomic E-state index is 12.0. The predicted octanol–water partition coefficient (Wildman–Crippen LogP) is -0.412. The summed E-state index contributed by atoms with van der Waals surface area (Å²) in [4.78, 5) is 12.0. The van der Waals surface area contributed by atoms with Crippen molar-refractivity contribution in [3.8, 4) is 0 Å². The first-order valence-corrected chi connectivity index (χ1v) is 6.96. The lowest BCUT2D eigenvalue weighted by Crippen LogP contribution is -2.51. The summed E-state index contributed by atoms with van der Waals surface area (Å²) in [6, 6.07) is 0.0873. The van der Waals surface area contributed by atoms with Crippen molar-refractivity contribution in [2.24, 2.45) is 5.92 Å². The van der Waals surface area contributed by atoms with Gasteiger partial charge in [0, 0.05) is 24.3 Å². The zero-order valence-corrected chi connectivity index (χ0v) is 10.9. The van der Waals surface area contributed by atoms with Crippen LogP contribution in [0.3, 0.4) is 0 Å². The molecule has 19 heavy (non-hydrogen) atoms. The highest BCUT2D eigenvalue weighted by Crippen LogP contribution is 2.29. The Hall–Kier alpha value is -1.40. The summed E-state index contributed by atoms with van der Waals surface area (Å²) in [7, 11) is 0. The molecule has 1 unspecified atom stereocenters. The Bertz CT molecular complexity index is 467. The molecule has 104 valence electrons. The van der Waals surface area contributed by atoms with Crippen LogP contribution in [0, 0.1) is 5.92 Å². The summed E-state index contributed by atoms with van der Waals surface area (Å²) in [5, 5.41) is 19.6. The third kappa shape index (κ3) is 2.37. The summed E-state index contributed by atoms with van der Waals surface area (Å²) in [6.07, 6.45) is 4.85. The number of hydrogen-bond donors (Lipinski definition) is 3. The summed E-state index contributed by atoms with van der Waals surface area (Å²) in [5.74, 6) is 0.268. The van der Waals surface area contributed by atoms with Gasteiger partial charge in [0.25, 0.3) is 0 Å². The van der Waals surface area contributed by atoms with E-state index in [-0.39, 0.29) is 24.5 Å². The van der Waals surface area contributed by atoms with E-state index in [2.05, 4.69) is 15.7 Å². The molecule has 1 fully saturated rings. The smallest absolute Gasteiger partial charge is 0.226 e. The Kier molecular flexibility index (Phi) is 3.52. The monoisotopic (exact) mass is 264 g/mol. The van der Waals surface area contributed by atoms with Crippen molar-refractivity contribution in [3.63, 3.8) is 0 Å². The number of aromatic nitrogens is 2. The number of fused-ring (bicyclic) bond motifs is 1. The van der Waals surface area contributed by atoms with Gasteiger partial charge in [-0.2, -0.15) is 5.10 Å². The number of rotatable bonds is 4. The number of nitrogens with one attached hydrogen (secondary N) is 2. The first-order chi connectivity index (χ1) is 9.29. The molecule has 6 nitrogen and oxygen atoms in total. The molecule has 6 heteroatoms. The molecule has 0 bridgehead atoms. The van der Waals surface area contributed by atoms with Gasteiger partial charge in [-0.05, 0) is 19.3 Å². The molecule has 1 aliphatic heterocycles. The van der Waals surface area contributed by atoms with Crippen LogP contribution in [0.15, 0.2) is 6.20 Å². The van der Waals surface area contributed by atoms with E-state index in [1.807, 2.05) is 10.9 Å². The van der Waals surface area contributed by atoms with Gasteiger partial charge in [-0.25, -0.2) is 0 Å². The van der Waals surface area contributed by atoms with Crippen LogP contribution >= 0.6 is 0 Å². The first kappa shape index (κ1) is 12.6. The van der Waals surface area contributed by atoms with Gasteiger partial charge in [-0.3, -0.25) is 9.48 Å². The van der Waals surface area contributed by atoms with E-state index in [4.69, 9.17) is 5.11 Å². The van der Waals surface area contributed by atoms with Gasteiger partial charge in [-0.1, -0.05) is 0 Å². The second-order valence-corrected chi connectivity index (χ2v) is 5.30. The molecule has 0 spiro atoms. The Labute approximate surface area is 112 Å². The molecule has 2 aliphatic rings. The largest absolute Gasteiger partial charge is 0.394 e. The van der Waals surface area contributed by atoms with Gasteiger partial charge >= 0.3 is 0 Å². The number of amides is 1. The maximum atomic E-state index is 12.0. The molecule has 1 aromatic heterocycles. The second-order valence-electron chi connectivity index (χ2n) is 5.30. The summed E-state index contributed by atoms with van der Waals surface area (Å²) in [5.41, 5.74) is 2.29. The van der Waals surface area contributed by atoms with Crippen molar-refractivity contribution < 1.29 is 9.90 Å². The predicted molar refractivity (Wildman–Crippen MR) is 69.5 cm³/mol. The van der Waals surface area contributed by atoms with E-state index in [9.17, 15) is 4.79 Å². The molecule has 0 aromatic carbocycles. The molecule has 1 aromatic rings. The minimum Gasteiger partial charge on any atom is -0.394 e. The molecule has 1 atom stereocenters. The van der Waals surface area contributed by atoms with Gasteiger partial charge in [0.1, 0.15) is 0 Å². The van der Waals surface area contributed by atoms with Crippen molar-refractivity contribution >= 4 is 5.91 Å². The van der Waals surface area contributed by atoms with Crippen molar-refractivity contribution in [1.29, 1.82) is 0 Å². The lowest BCUT2D eigenvalue weighted by molar-refractivity contribution is -0.127. The molecule has 3 rings (SSSR count). The van der Waals surface area contributed by atoms with Crippen LogP contribution in [0.2, 0.25) is 0 Å². The maximum Gasteiger partial charge on any atom is 0.226 e. The van der Waals surface area contributed by atoms with E-state index in [1.54, 1.807) is 0 Å². The molecule has 1 saturated heterocycles. The average molecular weight is 264 g/mol. The van der Waals surface area contributed by atoms with E-state index < -0.39 is 0 Å². The van der Waals surface area contributed by atoms with Crippen LogP contribution in [0.5, 0.6) is 0 Å². The normalized spacial score (nSPS) is 22.7. The number of nitrogens with zero attached hydrogens (tertiary/aromatic N) is 2. The summed E-state index contributed by atoms with van der Waals surface area (Å²) < 4.78 is 1.86. The van der Waals surface area contributed by atoms with Gasteiger partial charge in [0.15, 0.2) is 0 Å². The molecular formula is C13H20N4O2. The van der Waals surface area contributed by atoms with Crippen LogP contribution in [0.1, 0.15) is 30.1 Å². The zero-order chi connectivity index (χ0) is 13.2. The van der Waals surface area contributed by atoms with Crippen molar-refractivity contribution in [2.75, 3.05) is 19.7 Å². The van der Waals surface area contributed by atoms with E-state index in [1.165, 1.54) is 0 Å². The Morgan fingerprint density at radius 3 is 3.11 bits per heavy atom. The number of carbonyl (C=O) groups is 1. The van der Waals surface area contributed by atoms with Crippen LogP contribution in [-0.4, -0.2) is 40.5 Å². The molecule has 1 aliphatic carbocycles. The van der Waals surface area contributed by atoms with Gasteiger partial charge in [-0.15, -0.1) is 0 Å². The molecular weight excluding hydrogens is 244 g/mol. The molecule has 2 heterocycles. The highest BCUT2D eigenvalue weighted by Gasteiger charge is 2.30. The lowest BCUT2D eigenvalue weighted by Gasteiger charge is -2.30. The fourth-order valence-electron chi connectivity index (χ4n) is 2.82. The molecule has 1 amide bonds. The third-order valence-electron chi connectivity index (χ3n) is 4.04. The number of aliphatic hydroxyl groups excluding tert-OH is 1. The highest BCUT2D eigenvalue weighted by molar-refractivity contribution is 5.80. The standard InChI is InChI=1S/C13H20N4O2/c18-5-4-17-12-3-1-2-11(10(12)8-15-17)16-13(19)9-6-14-7-9/h8-9,11,14,18H,1-7H2,(H,16,19). The molecule has 0 saturated carbocycles. The minimum atomic E-state index is 0.0873.